The summed E-state index contributed by atoms with van der Waals surface area (Å²) in [6.07, 6.45) is 8.01. The van der Waals surface area contributed by atoms with E-state index in [0.29, 0.717) is 12.6 Å². The Morgan fingerprint density at radius 2 is 2.04 bits per heavy atom. The van der Waals surface area contributed by atoms with Crippen LogP contribution in [0.1, 0.15) is 30.5 Å². The number of ether oxygens (including phenoxy) is 1. The smallest absolute Gasteiger partial charge is 0.130 e. The number of thioether (sulfide) groups is 1. The number of rotatable bonds is 8. The molecule has 1 aromatic heterocycles. The first kappa shape index (κ1) is 19.7. The molecule has 150 valence electrons. The lowest BCUT2D eigenvalue weighted by atomic mass is 10.0. The first-order chi connectivity index (χ1) is 13.8. The zero-order valence-corrected chi connectivity index (χ0v) is 17.6. The highest BCUT2D eigenvalue weighted by atomic mass is 32.2. The third-order valence-electron chi connectivity index (χ3n) is 6.01. The van der Waals surface area contributed by atoms with Crippen LogP contribution in [0.25, 0.3) is 0 Å². The molecular formula is C23H31N3OS. The fraction of sp³-hybridized carbons (Fsp3) is 0.522. The Hall–Kier alpha value is -1.56. The molecule has 28 heavy (non-hydrogen) atoms. The SMILES string of the molecule is CSCC[C@H]1CN2CCC[C@H]2CN1Cc1ccccc1OCc1ccccn1. The van der Waals surface area contributed by atoms with E-state index in [4.69, 9.17) is 4.74 Å². The van der Waals surface area contributed by atoms with Gasteiger partial charge in [-0.05, 0) is 56.0 Å². The maximum absolute atomic E-state index is 6.16. The van der Waals surface area contributed by atoms with Gasteiger partial charge in [-0.1, -0.05) is 24.3 Å². The van der Waals surface area contributed by atoms with E-state index in [9.17, 15) is 0 Å². The quantitative estimate of drug-likeness (QED) is 0.670. The zero-order valence-electron chi connectivity index (χ0n) is 16.8. The lowest BCUT2D eigenvalue weighted by molar-refractivity contribution is 0.0436. The molecule has 0 bridgehead atoms. The van der Waals surface area contributed by atoms with Crippen molar-refractivity contribution in [2.45, 2.75) is 44.5 Å². The number of benzene rings is 1. The van der Waals surface area contributed by atoms with Crippen LogP contribution >= 0.6 is 11.8 Å². The van der Waals surface area contributed by atoms with Crippen molar-refractivity contribution >= 4 is 11.8 Å². The van der Waals surface area contributed by atoms with Crippen LogP contribution in [0.4, 0.5) is 0 Å². The molecule has 0 radical (unpaired) electrons. The van der Waals surface area contributed by atoms with E-state index in [0.717, 1.165) is 24.0 Å². The highest BCUT2D eigenvalue weighted by Crippen LogP contribution is 2.29. The molecule has 4 nitrogen and oxygen atoms in total. The van der Waals surface area contributed by atoms with Crippen LogP contribution in [0.5, 0.6) is 5.75 Å². The van der Waals surface area contributed by atoms with E-state index in [2.05, 4.69) is 45.3 Å². The molecule has 2 atom stereocenters. The number of aromatic nitrogens is 1. The number of para-hydroxylation sites is 1. The maximum atomic E-state index is 6.16. The molecule has 4 rings (SSSR count). The molecule has 0 unspecified atom stereocenters. The van der Waals surface area contributed by atoms with Crippen LogP contribution in [-0.4, -0.2) is 58.5 Å². The number of nitrogens with zero attached hydrogens (tertiary/aromatic N) is 3. The predicted molar refractivity (Wildman–Crippen MR) is 117 cm³/mol. The van der Waals surface area contributed by atoms with Gasteiger partial charge in [-0.2, -0.15) is 11.8 Å². The van der Waals surface area contributed by atoms with Crippen molar-refractivity contribution in [3.63, 3.8) is 0 Å². The molecule has 1 aromatic carbocycles. The van der Waals surface area contributed by atoms with Crippen molar-refractivity contribution in [2.75, 3.05) is 31.6 Å². The topological polar surface area (TPSA) is 28.6 Å². The first-order valence-electron chi connectivity index (χ1n) is 10.4. The van der Waals surface area contributed by atoms with Gasteiger partial charge in [0.05, 0.1) is 5.69 Å². The lowest BCUT2D eigenvalue weighted by Crippen LogP contribution is -2.55. The highest BCUT2D eigenvalue weighted by molar-refractivity contribution is 7.98. The van der Waals surface area contributed by atoms with Gasteiger partial charge in [-0.15, -0.1) is 0 Å². The molecule has 0 saturated carbocycles. The summed E-state index contributed by atoms with van der Waals surface area (Å²) >= 11 is 1.96. The molecule has 0 N–H and O–H groups in total. The van der Waals surface area contributed by atoms with Gasteiger partial charge in [-0.3, -0.25) is 14.8 Å². The number of hydrogen-bond donors (Lipinski definition) is 0. The predicted octanol–water partition coefficient (Wildman–Crippen LogP) is 4.06. The van der Waals surface area contributed by atoms with Crippen LogP contribution in [-0.2, 0) is 13.2 Å². The van der Waals surface area contributed by atoms with Gasteiger partial charge in [0.1, 0.15) is 12.4 Å². The van der Waals surface area contributed by atoms with Crippen molar-refractivity contribution in [3.05, 3.63) is 59.9 Å². The van der Waals surface area contributed by atoms with E-state index in [1.165, 1.54) is 50.2 Å². The molecule has 2 aliphatic heterocycles. The van der Waals surface area contributed by atoms with Gasteiger partial charge in [-0.25, -0.2) is 0 Å². The molecule has 2 saturated heterocycles. The van der Waals surface area contributed by atoms with E-state index in [1.54, 1.807) is 0 Å². The molecule has 2 aliphatic rings. The van der Waals surface area contributed by atoms with Gasteiger partial charge in [0.2, 0.25) is 0 Å². The summed E-state index contributed by atoms with van der Waals surface area (Å²) in [6.45, 7) is 5.19. The minimum absolute atomic E-state index is 0.518. The summed E-state index contributed by atoms with van der Waals surface area (Å²) in [5, 5.41) is 0. The maximum Gasteiger partial charge on any atom is 0.130 e. The summed E-state index contributed by atoms with van der Waals surface area (Å²) in [4.78, 5) is 9.82. The standard InChI is InChI=1S/C23H31N3OS/c1-28-14-11-22-16-25-13-6-9-21(25)17-26(22)15-19-7-2-3-10-23(19)27-18-20-8-4-5-12-24-20/h2-5,7-8,10,12,21-22H,6,9,11,13-18H2,1H3/t21-,22-/m0/s1. The number of piperazine rings is 1. The molecule has 0 amide bonds. The second-order valence-electron chi connectivity index (χ2n) is 7.87. The van der Waals surface area contributed by atoms with Crippen LogP contribution < -0.4 is 4.74 Å². The van der Waals surface area contributed by atoms with Gasteiger partial charge in [0, 0.05) is 43.5 Å². The molecular weight excluding hydrogens is 366 g/mol. The van der Waals surface area contributed by atoms with Crippen molar-refractivity contribution < 1.29 is 4.74 Å². The van der Waals surface area contributed by atoms with Crippen LogP contribution in [0, 0.1) is 0 Å². The number of hydrogen-bond acceptors (Lipinski definition) is 5. The Morgan fingerprint density at radius 1 is 1.14 bits per heavy atom. The number of fused-ring (bicyclic) bond motifs is 1. The van der Waals surface area contributed by atoms with Gasteiger partial charge in [0.15, 0.2) is 0 Å². The van der Waals surface area contributed by atoms with Gasteiger partial charge < -0.3 is 4.74 Å². The summed E-state index contributed by atoms with van der Waals surface area (Å²) in [5.41, 5.74) is 2.26. The van der Waals surface area contributed by atoms with Crippen molar-refractivity contribution in [3.8, 4) is 5.75 Å². The average Bonchev–Trinajstić information content (AvgIpc) is 3.19. The van der Waals surface area contributed by atoms with Gasteiger partial charge in [0.25, 0.3) is 0 Å². The fourth-order valence-corrected chi connectivity index (χ4v) is 5.01. The van der Waals surface area contributed by atoms with Crippen LogP contribution in [0.15, 0.2) is 48.7 Å². The summed E-state index contributed by atoms with van der Waals surface area (Å²) < 4.78 is 6.16. The largest absolute Gasteiger partial charge is 0.487 e. The average molecular weight is 398 g/mol. The lowest BCUT2D eigenvalue weighted by Gasteiger charge is -2.44. The zero-order chi connectivity index (χ0) is 19.2. The highest BCUT2D eigenvalue weighted by Gasteiger charge is 2.36. The fourth-order valence-electron chi connectivity index (χ4n) is 4.50. The third-order valence-corrected chi connectivity index (χ3v) is 6.65. The Kier molecular flexibility index (Phi) is 6.89. The summed E-state index contributed by atoms with van der Waals surface area (Å²) in [5.74, 6) is 2.22. The summed E-state index contributed by atoms with van der Waals surface area (Å²) in [6, 6.07) is 15.9. The second kappa shape index (κ2) is 9.77. The molecule has 2 fully saturated rings. The normalized spacial score (nSPS) is 22.9. The van der Waals surface area contributed by atoms with Crippen LogP contribution in [0.3, 0.4) is 0 Å². The number of pyridine rings is 1. The molecule has 0 aliphatic carbocycles. The second-order valence-corrected chi connectivity index (χ2v) is 8.86. The van der Waals surface area contributed by atoms with E-state index < -0.39 is 0 Å². The third kappa shape index (κ3) is 4.88. The Morgan fingerprint density at radius 3 is 2.89 bits per heavy atom. The molecule has 0 spiro atoms. The van der Waals surface area contributed by atoms with E-state index >= 15 is 0 Å². The van der Waals surface area contributed by atoms with Crippen molar-refractivity contribution in [2.24, 2.45) is 0 Å². The first-order valence-corrected chi connectivity index (χ1v) is 11.8. The Balaban J connectivity index is 1.45. The van der Waals surface area contributed by atoms with E-state index in [-0.39, 0.29) is 0 Å². The van der Waals surface area contributed by atoms with Crippen molar-refractivity contribution in [1.82, 2.24) is 14.8 Å². The Labute approximate surface area is 173 Å². The van der Waals surface area contributed by atoms with Gasteiger partial charge >= 0.3 is 0 Å². The van der Waals surface area contributed by atoms with Crippen molar-refractivity contribution in [1.29, 1.82) is 0 Å². The molecule has 5 heteroatoms. The molecule has 2 aromatic rings. The monoisotopic (exact) mass is 397 g/mol. The van der Waals surface area contributed by atoms with Crippen LogP contribution in [0.2, 0.25) is 0 Å². The van der Waals surface area contributed by atoms with E-state index in [1.807, 2.05) is 36.2 Å². The minimum atomic E-state index is 0.518. The summed E-state index contributed by atoms with van der Waals surface area (Å²) in [7, 11) is 0. The minimum Gasteiger partial charge on any atom is -0.487 e. The Bertz CT molecular complexity index is 742. The molecule has 3 heterocycles.